The highest BCUT2D eigenvalue weighted by Crippen LogP contribution is 2.44. The number of hydrogen-bond donors (Lipinski definition) is 0. The van der Waals surface area contributed by atoms with Gasteiger partial charge in [-0.2, -0.15) is 0 Å². The summed E-state index contributed by atoms with van der Waals surface area (Å²) < 4.78 is 27.4. The molecular formula is C21H25NO3SSi. The summed E-state index contributed by atoms with van der Waals surface area (Å²) in [4.78, 5) is 13.0. The molecule has 4 nitrogen and oxygen atoms in total. The fraction of sp³-hybridized carbons (Fsp3) is 0.286. The number of carbonyl (C=O) groups is 1. The summed E-state index contributed by atoms with van der Waals surface area (Å²) in [5.74, 6) is -0.807. The Morgan fingerprint density at radius 2 is 1.56 bits per heavy atom. The van der Waals surface area contributed by atoms with Gasteiger partial charge in [-0.05, 0) is 24.6 Å². The van der Waals surface area contributed by atoms with Crippen molar-refractivity contribution < 1.29 is 13.2 Å². The summed E-state index contributed by atoms with van der Waals surface area (Å²) in [5, 5.41) is 0. The molecule has 142 valence electrons. The molecular weight excluding hydrogens is 374 g/mol. The van der Waals surface area contributed by atoms with E-state index in [1.165, 1.54) is 0 Å². The molecule has 1 fully saturated rings. The zero-order chi connectivity index (χ0) is 19.8. The predicted octanol–water partition coefficient (Wildman–Crippen LogP) is 4.32. The second kappa shape index (κ2) is 7.09. The maximum Gasteiger partial charge on any atom is 0.267 e. The SMILES string of the molecule is Cc1ccc(S(=O)(=O)N2C(=O)C(C=C[Si](C)(C)C)[C@H]2c2ccccc2)cc1. The van der Waals surface area contributed by atoms with Crippen molar-refractivity contribution in [3.8, 4) is 0 Å². The van der Waals surface area contributed by atoms with Crippen LogP contribution >= 0.6 is 0 Å². The molecule has 0 bridgehead atoms. The average molecular weight is 400 g/mol. The van der Waals surface area contributed by atoms with Gasteiger partial charge in [-0.3, -0.25) is 4.79 Å². The molecule has 1 heterocycles. The molecule has 0 spiro atoms. The van der Waals surface area contributed by atoms with E-state index in [4.69, 9.17) is 0 Å². The monoisotopic (exact) mass is 399 g/mol. The van der Waals surface area contributed by atoms with E-state index in [1.807, 2.05) is 43.3 Å². The molecule has 0 radical (unpaired) electrons. The van der Waals surface area contributed by atoms with E-state index < -0.39 is 30.1 Å². The number of nitrogens with zero attached hydrogens (tertiary/aromatic N) is 1. The molecule has 1 unspecified atom stereocenters. The first-order valence-corrected chi connectivity index (χ1v) is 14.0. The Hall–Kier alpha value is -2.18. The van der Waals surface area contributed by atoms with Crippen molar-refractivity contribution in [1.82, 2.24) is 4.31 Å². The van der Waals surface area contributed by atoms with Crippen molar-refractivity contribution in [2.45, 2.75) is 37.5 Å². The molecule has 1 saturated heterocycles. The van der Waals surface area contributed by atoms with Gasteiger partial charge in [0.05, 0.1) is 24.9 Å². The maximum atomic E-state index is 13.2. The number of carbonyl (C=O) groups excluding carboxylic acids is 1. The summed E-state index contributed by atoms with van der Waals surface area (Å²) in [7, 11) is -5.39. The van der Waals surface area contributed by atoms with E-state index in [0.717, 1.165) is 15.4 Å². The van der Waals surface area contributed by atoms with Crippen LogP contribution < -0.4 is 0 Å². The third kappa shape index (κ3) is 3.91. The number of rotatable bonds is 5. The van der Waals surface area contributed by atoms with Gasteiger partial charge >= 0.3 is 0 Å². The van der Waals surface area contributed by atoms with Crippen LogP contribution in [0.4, 0.5) is 0 Å². The summed E-state index contributed by atoms with van der Waals surface area (Å²) in [6.07, 6.45) is 1.91. The van der Waals surface area contributed by atoms with Crippen LogP contribution in [-0.2, 0) is 14.8 Å². The van der Waals surface area contributed by atoms with Crippen molar-refractivity contribution in [2.24, 2.45) is 5.92 Å². The maximum absolute atomic E-state index is 13.2. The van der Waals surface area contributed by atoms with Crippen molar-refractivity contribution in [2.75, 3.05) is 0 Å². The van der Waals surface area contributed by atoms with Gasteiger partial charge in [0.25, 0.3) is 10.0 Å². The van der Waals surface area contributed by atoms with Gasteiger partial charge in [0, 0.05) is 0 Å². The van der Waals surface area contributed by atoms with E-state index in [9.17, 15) is 13.2 Å². The third-order valence-electron chi connectivity index (χ3n) is 4.62. The fourth-order valence-corrected chi connectivity index (χ4v) is 5.55. The zero-order valence-electron chi connectivity index (χ0n) is 16.1. The molecule has 0 saturated carbocycles. The van der Waals surface area contributed by atoms with Gasteiger partial charge in [0.15, 0.2) is 0 Å². The molecule has 2 aromatic rings. The van der Waals surface area contributed by atoms with E-state index in [1.54, 1.807) is 24.3 Å². The van der Waals surface area contributed by atoms with Crippen molar-refractivity contribution >= 4 is 24.0 Å². The van der Waals surface area contributed by atoms with E-state index in [-0.39, 0.29) is 10.8 Å². The van der Waals surface area contributed by atoms with Gasteiger partial charge in [-0.15, -0.1) is 0 Å². The summed E-state index contributed by atoms with van der Waals surface area (Å²) >= 11 is 0. The summed E-state index contributed by atoms with van der Waals surface area (Å²) in [6.45, 7) is 8.45. The quantitative estimate of drug-likeness (QED) is 0.556. The number of benzene rings is 2. The summed E-state index contributed by atoms with van der Waals surface area (Å²) in [5.41, 5.74) is 3.92. The topological polar surface area (TPSA) is 54.5 Å². The smallest absolute Gasteiger partial charge is 0.267 e. The van der Waals surface area contributed by atoms with Crippen LogP contribution in [0, 0.1) is 12.8 Å². The lowest BCUT2D eigenvalue weighted by Gasteiger charge is -2.45. The van der Waals surface area contributed by atoms with Gasteiger partial charge in [-0.25, -0.2) is 12.7 Å². The minimum Gasteiger partial charge on any atom is -0.273 e. The Kier molecular flexibility index (Phi) is 5.14. The Morgan fingerprint density at radius 3 is 2.11 bits per heavy atom. The third-order valence-corrected chi connectivity index (χ3v) is 7.60. The highest BCUT2D eigenvalue weighted by molar-refractivity contribution is 7.89. The summed E-state index contributed by atoms with van der Waals surface area (Å²) in [6, 6.07) is 15.5. The Morgan fingerprint density at radius 1 is 0.963 bits per heavy atom. The largest absolute Gasteiger partial charge is 0.273 e. The van der Waals surface area contributed by atoms with Crippen molar-refractivity contribution in [3.05, 3.63) is 77.5 Å². The van der Waals surface area contributed by atoms with Crippen LogP contribution in [0.2, 0.25) is 19.6 Å². The molecule has 0 N–H and O–H groups in total. The Labute approximate surface area is 162 Å². The molecule has 1 aliphatic rings. The normalized spacial score (nSPS) is 20.7. The van der Waals surface area contributed by atoms with Crippen LogP contribution in [-0.4, -0.2) is 26.7 Å². The van der Waals surface area contributed by atoms with Gasteiger partial charge in [0.1, 0.15) is 0 Å². The standard InChI is InChI=1S/C21H25NO3SSi/c1-16-10-12-18(13-11-16)26(24,25)22-20(17-8-6-5-7-9-17)19(21(22)23)14-15-27(2,3)4/h5-15,19-20H,1-4H3/t19?,20-/m1/s1. The average Bonchev–Trinajstić information content (AvgIpc) is 2.59. The number of β-lactam (4-membered cyclic amide) rings is 1. The predicted molar refractivity (Wildman–Crippen MR) is 110 cm³/mol. The first-order chi connectivity index (χ1) is 12.6. The first-order valence-electron chi connectivity index (χ1n) is 9.00. The zero-order valence-corrected chi connectivity index (χ0v) is 17.9. The number of amides is 1. The van der Waals surface area contributed by atoms with E-state index in [2.05, 4.69) is 25.3 Å². The molecule has 1 amide bonds. The number of aryl methyl sites for hydroxylation is 1. The van der Waals surface area contributed by atoms with Crippen molar-refractivity contribution in [3.63, 3.8) is 0 Å². The molecule has 2 atom stereocenters. The molecule has 2 aromatic carbocycles. The van der Waals surface area contributed by atoms with Gasteiger partial charge in [-0.1, -0.05) is 79.4 Å². The van der Waals surface area contributed by atoms with Crippen molar-refractivity contribution in [1.29, 1.82) is 0 Å². The molecule has 0 aromatic heterocycles. The molecule has 6 heteroatoms. The number of hydrogen-bond acceptors (Lipinski definition) is 3. The highest BCUT2D eigenvalue weighted by atomic mass is 32.2. The lowest BCUT2D eigenvalue weighted by Crippen LogP contribution is -2.56. The fourth-order valence-electron chi connectivity index (χ4n) is 3.15. The van der Waals surface area contributed by atoms with Crippen LogP contribution in [0.5, 0.6) is 0 Å². The van der Waals surface area contributed by atoms with Crippen LogP contribution in [0.3, 0.4) is 0 Å². The van der Waals surface area contributed by atoms with Crippen LogP contribution in [0.15, 0.2) is 71.3 Å². The van der Waals surface area contributed by atoms with E-state index in [0.29, 0.717) is 0 Å². The first kappa shape index (κ1) is 19.6. The molecule has 3 rings (SSSR count). The lowest BCUT2D eigenvalue weighted by molar-refractivity contribution is -0.143. The molecule has 27 heavy (non-hydrogen) atoms. The Balaban J connectivity index is 2.02. The highest BCUT2D eigenvalue weighted by Gasteiger charge is 2.53. The molecule has 0 aliphatic carbocycles. The Bertz CT molecular complexity index is 961. The van der Waals surface area contributed by atoms with Gasteiger partial charge < -0.3 is 0 Å². The van der Waals surface area contributed by atoms with Gasteiger partial charge in [0.2, 0.25) is 5.91 Å². The van der Waals surface area contributed by atoms with Crippen LogP contribution in [0.25, 0.3) is 0 Å². The second-order valence-electron chi connectivity index (χ2n) is 8.06. The minimum atomic E-state index is -3.89. The minimum absolute atomic E-state index is 0.148. The van der Waals surface area contributed by atoms with E-state index >= 15 is 0 Å². The number of sulfonamides is 1. The molecule has 1 aliphatic heterocycles. The van der Waals surface area contributed by atoms with Crippen LogP contribution in [0.1, 0.15) is 17.2 Å². The second-order valence-corrected chi connectivity index (χ2v) is 14.9. The lowest BCUT2D eigenvalue weighted by atomic mass is 9.85.